The molecule has 1 saturated heterocycles. The van der Waals surface area contributed by atoms with Gasteiger partial charge in [0.25, 0.3) is 0 Å². The minimum atomic E-state index is -0.102. The third kappa shape index (κ3) is 4.40. The van der Waals surface area contributed by atoms with Crippen molar-refractivity contribution in [3.63, 3.8) is 0 Å². The Labute approximate surface area is 152 Å². The SMILES string of the molecule is O=C1CCN(C(=O)CC(c2ccccc2)c2ccccc2Cl)CCN1. The highest BCUT2D eigenvalue weighted by Gasteiger charge is 2.25. The van der Waals surface area contributed by atoms with Gasteiger partial charge in [0.05, 0.1) is 0 Å². The molecular formula is C20H21ClN2O2. The molecule has 130 valence electrons. The first-order valence-electron chi connectivity index (χ1n) is 8.49. The molecule has 5 heteroatoms. The molecule has 1 atom stereocenters. The molecular weight excluding hydrogens is 336 g/mol. The largest absolute Gasteiger partial charge is 0.354 e. The number of amides is 2. The maximum absolute atomic E-state index is 12.9. The summed E-state index contributed by atoms with van der Waals surface area (Å²) in [6.07, 6.45) is 0.690. The van der Waals surface area contributed by atoms with Gasteiger partial charge in [-0.1, -0.05) is 60.1 Å². The van der Waals surface area contributed by atoms with Gasteiger partial charge in [-0.3, -0.25) is 9.59 Å². The van der Waals surface area contributed by atoms with Crippen LogP contribution in [0.2, 0.25) is 5.02 Å². The molecule has 1 N–H and O–H groups in total. The van der Waals surface area contributed by atoms with Crippen LogP contribution in [-0.2, 0) is 9.59 Å². The van der Waals surface area contributed by atoms with Crippen LogP contribution in [0.4, 0.5) is 0 Å². The fraction of sp³-hybridized carbons (Fsp3) is 0.300. The second kappa shape index (κ2) is 8.17. The van der Waals surface area contributed by atoms with Crippen molar-refractivity contribution in [1.82, 2.24) is 10.2 Å². The highest BCUT2D eigenvalue weighted by Crippen LogP contribution is 2.33. The molecule has 2 amide bonds. The van der Waals surface area contributed by atoms with E-state index in [0.29, 0.717) is 37.5 Å². The van der Waals surface area contributed by atoms with Gasteiger partial charge in [-0.05, 0) is 17.2 Å². The Balaban J connectivity index is 1.84. The number of halogens is 1. The summed E-state index contributed by atoms with van der Waals surface area (Å²) in [4.78, 5) is 26.1. The first-order valence-corrected chi connectivity index (χ1v) is 8.87. The van der Waals surface area contributed by atoms with E-state index < -0.39 is 0 Å². The van der Waals surface area contributed by atoms with Crippen LogP contribution in [0.1, 0.15) is 29.9 Å². The molecule has 2 aromatic carbocycles. The number of nitrogens with zero attached hydrogens (tertiary/aromatic N) is 1. The Hall–Kier alpha value is -2.33. The van der Waals surface area contributed by atoms with E-state index in [1.807, 2.05) is 54.6 Å². The summed E-state index contributed by atoms with van der Waals surface area (Å²) in [5.74, 6) is -0.0550. The number of carbonyl (C=O) groups excluding carboxylic acids is 2. The number of carbonyl (C=O) groups is 2. The lowest BCUT2D eigenvalue weighted by Gasteiger charge is -2.24. The minimum absolute atomic E-state index is 0.000938. The topological polar surface area (TPSA) is 49.4 Å². The van der Waals surface area contributed by atoms with Crippen molar-refractivity contribution >= 4 is 23.4 Å². The van der Waals surface area contributed by atoms with E-state index in [0.717, 1.165) is 11.1 Å². The lowest BCUT2D eigenvalue weighted by Crippen LogP contribution is -2.35. The molecule has 2 aromatic rings. The Kier molecular flexibility index (Phi) is 5.71. The van der Waals surface area contributed by atoms with Crippen molar-refractivity contribution in [3.05, 3.63) is 70.7 Å². The average molecular weight is 357 g/mol. The summed E-state index contributed by atoms with van der Waals surface area (Å²) < 4.78 is 0. The molecule has 1 heterocycles. The van der Waals surface area contributed by atoms with Gasteiger partial charge in [0, 0.05) is 43.4 Å². The highest BCUT2D eigenvalue weighted by molar-refractivity contribution is 6.31. The van der Waals surface area contributed by atoms with Gasteiger partial charge in [0.15, 0.2) is 0 Å². The zero-order chi connectivity index (χ0) is 17.6. The van der Waals surface area contributed by atoms with Crippen LogP contribution in [-0.4, -0.2) is 36.3 Å². The summed E-state index contributed by atoms with van der Waals surface area (Å²) in [5.41, 5.74) is 2.01. The van der Waals surface area contributed by atoms with Crippen LogP contribution < -0.4 is 5.32 Å². The molecule has 25 heavy (non-hydrogen) atoms. The third-order valence-corrected chi connectivity index (χ3v) is 4.87. The minimum Gasteiger partial charge on any atom is -0.354 e. The first kappa shape index (κ1) is 17.5. The molecule has 4 nitrogen and oxygen atoms in total. The Morgan fingerprint density at radius 2 is 1.80 bits per heavy atom. The van der Waals surface area contributed by atoms with Gasteiger partial charge in [-0.2, -0.15) is 0 Å². The second-order valence-electron chi connectivity index (χ2n) is 6.17. The van der Waals surface area contributed by atoms with Gasteiger partial charge in [0.2, 0.25) is 11.8 Å². The van der Waals surface area contributed by atoms with Gasteiger partial charge in [-0.15, -0.1) is 0 Å². The fourth-order valence-corrected chi connectivity index (χ4v) is 3.44. The Bertz CT molecular complexity index is 748. The van der Waals surface area contributed by atoms with E-state index in [1.165, 1.54) is 0 Å². The number of hydrogen-bond acceptors (Lipinski definition) is 2. The molecule has 0 saturated carbocycles. The van der Waals surface area contributed by atoms with Crippen molar-refractivity contribution < 1.29 is 9.59 Å². The quantitative estimate of drug-likeness (QED) is 0.914. The monoisotopic (exact) mass is 356 g/mol. The van der Waals surface area contributed by atoms with Crippen LogP contribution in [0.5, 0.6) is 0 Å². The summed E-state index contributed by atoms with van der Waals surface area (Å²) in [5, 5.41) is 3.46. The lowest BCUT2D eigenvalue weighted by molar-refractivity contribution is -0.131. The third-order valence-electron chi connectivity index (χ3n) is 4.53. The van der Waals surface area contributed by atoms with E-state index in [-0.39, 0.29) is 17.7 Å². The molecule has 0 radical (unpaired) electrons. The van der Waals surface area contributed by atoms with Crippen molar-refractivity contribution in [1.29, 1.82) is 0 Å². The first-order chi connectivity index (χ1) is 12.1. The zero-order valence-electron chi connectivity index (χ0n) is 14.0. The van der Waals surface area contributed by atoms with Gasteiger partial charge in [0.1, 0.15) is 0 Å². The molecule has 1 fully saturated rings. The van der Waals surface area contributed by atoms with Gasteiger partial charge in [-0.25, -0.2) is 0 Å². The molecule has 0 aliphatic carbocycles. The van der Waals surface area contributed by atoms with Crippen molar-refractivity contribution in [2.24, 2.45) is 0 Å². The molecule has 0 spiro atoms. The van der Waals surface area contributed by atoms with Gasteiger partial charge >= 0.3 is 0 Å². The van der Waals surface area contributed by atoms with Crippen LogP contribution >= 0.6 is 11.6 Å². The van der Waals surface area contributed by atoms with Crippen molar-refractivity contribution in [2.45, 2.75) is 18.8 Å². The maximum Gasteiger partial charge on any atom is 0.223 e. The lowest BCUT2D eigenvalue weighted by atomic mass is 9.88. The van der Waals surface area contributed by atoms with Crippen LogP contribution in [0.3, 0.4) is 0 Å². The molecule has 1 unspecified atom stereocenters. The summed E-state index contributed by atoms with van der Waals surface area (Å²) in [6, 6.07) is 17.6. The van der Waals surface area contributed by atoms with Crippen molar-refractivity contribution in [2.75, 3.05) is 19.6 Å². The average Bonchev–Trinajstić information content (AvgIpc) is 2.86. The van der Waals surface area contributed by atoms with E-state index in [9.17, 15) is 9.59 Å². The Morgan fingerprint density at radius 3 is 2.56 bits per heavy atom. The van der Waals surface area contributed by atoms with E-state index >= 15 is 0 Å². The maximum atomic E-state index is 12.9. The molecule has 3 rings (SSSR count). The zero-order valence-corrected chi connectivity index (χ0v) is 14.7. The predicted molar refractivity (Wildman–Crippen MR) is 98.6 cm³/mol. The molecule has 1 aliphatic rings. The van der Waals surface area contributed by atoms with E-state index in [1.54, 1.807) is 4.90 Å². The van der Waals surface area contributed by atoms with Crippen LogP contribution in [0, 0.1) is 0 Å². The Morgan fingerprint density at radius 1 is 1.08 bits per heavy atom. The molecule has 1 aliphatic heterocycles. The number of rotatable bonds is 4. The summed E-state index contributed by atoms with van der Waals surface area (Å²) in [6.45, 7) is 1.52. The predicted octanol–water partition coefficient (Wildman–Crippen LogP) is 3.21. The summed E-state index contributed by atoms with van der Waals surface area (Å²) in [7, 11) is 0. The number of nitrogens with one attached hydrogen (secondary N) is 1. The number of benzene rings is 2. The van der Waals surface area contributed by atoms with Gasteiger partial charge < -0.3 is 10.2 Å². The molecule has 0 aromatic heterocycles. The smallest absolute Gasteiger partial charge is 0.223 e. The summed E-state index contributed by atoms with van der Waals surface area (Å²) >= 11 is 6.40. The number of hydrogen-bond donors (Lipinski definition) is 1. The van der Waals surface area contributed by atoms with Crippen LogP contribution in [0.25, 0.3) is 0 Å². The normalized spacial score (nSPS) is 16.0. The molecule has 0 bridgehead atoms. The van der Waals surface area contributed by atoms with Crippen molar-refractivity contribution in [3.8, 4) is 0 Å². The standard InChI is InChI=1S/C20H21ClN2O2/c21-18-9-5-4-8-16(18)17(15-6-2-1-3-7-15)14-20(25)23-12-10-19(24)22-11-13-23/h1-9,17H,10-14H2,(H,22,24). The highest BCUT2D eigenvalue weighted by atomic mass is 35.5. The van der Waals surface area contributed by atoms with Crippen LogP contribution in [0.15, 0.2) is 54.6 Å². The van der Waals surface area contributed by atoms with E-state index in [2.05, 4.69) is 5.32 Å². The second-order valence-corrected chi connectivity index (χ2v) is 6.58. The fourth-order valence-electron chi connectivity index (χ4n) is 3.17. The van der Waals surface area contributed by atoms with E-state index in [4.69, 9.17) is 11.6 Å².